The van der Waals surface area contributed by atoms with E-state index in [1.807, 2.05) is 0 Å². The van der Waals surface area contributed by atoms with Crippen LogP contribution in [0.2, 0.25) is 0 Å². The van der Waals surface area contributed by atoms with Crippen LogP contribution in [-0.2, 0) is 6.54 Å². The first-order valence-corrected chi connectivity index (χ1v) is 8.84. The maximum atomic E-state index is 9.64. The highest BCUT2D eigenvalue weighted by Crippen LogP contribution is 2.42. The molecule has 2 aromatic rings. The third-order valence-electron chi connectivity index (χ3n) is 4.97. The summed E-state index contributed by atoms with van der Waals surface area (Å²) in [7, 11) is 0. The van der Waals surface area contributed by atoms with Crippen LogP contribution in [0.15, 0.2) is 11.6 Å². The molecule has 5 heteroatoms. The fourth-order valence-electron chi connectivity index (χ4n) is 3.59. The summed E-state index contributed by atoms with van der Waals surface area (Å²) in [4.78, 5) is 8.50. The molecule has 0 radical (unpaired) electrons. The van der Waals surface area contributed by atoms with E-state index in [0.29, 0.717) is 12.5 Å². The topological polar surface area (TPSA) is 40.8 Å². The lowest BCUT2D eigenvalue weighted by Gasteiger charge is -2.39. The Morgan fingerprint density at radius 1 is 1.48 bits per heavy atom. The van der Waals surface area contributed by atoms with Crippen molar-refractivity contribution in [1.82, 2.24) is 14.3 Å². The first-order valence-electron chi connectivity index (χ1n) is 7.96. The summed E-state index contributed by atoms with van der Waals surface area (Å²) in [5.74, 6) is 0.695. The van der Waals surface area contributed by atoms with Crippen LogP contribution in [0.1, 0.15) is 49.9 Å². The van der Waals surface area contributed by atoms with Crippen LogP contribution in [-0.4, -0.2) is 39.1 Å². The van der Waals surface area contributed by atoms with Crippen LogP contribution in [0.25, 0.3) is 4.96 Å². The van der Waals surface area contributed by atoms with Gasteiger partial charge >= 0.3 is 0 Å². The van der Waals surface area contributed by atoms with Gasteiger partial charge in [0.2, 0.25) is 0 Å². The van der Waals surface area contributed by atoms with Crippen molar-refractivity contribution in [3.8, 4) is 0 Å². The predicted molar refractivity (Wildman–Crippen MR) is 84.7 cm³/mol. The first-order chi connectivity index (χ1) is 10.2. The zero-order chi connectivity index (χ0) is 14.4. The van der Waals surface area contributed by atoms with E-state index in [0.717, 1.165) is 31.0 Å². The molecule has 21 heavy (non-hydrogen) atoms. The summed E-state index contributed by atoms with van der Waals surface area (Å²) in [6, 6.07) is 0. The molecule has 1 aliphatic carbocycles. The Bertz CT molecular complexity index is 645. The highest BCUT2D eigenvalue weighted by molar-refractivity contribution is 7.15. The van der Waals surface area contributed by atoms with E-state index in [2.05, 4.69) is 27.8 Å². The molecule has 2 aliphatic rings. The fraction of sp³-hybridized carbons (Fsp3) is 0.688. The molecule has 0 amide bonds. The van der Waals surface area contributed by atoms with E-state index in [1.54, 1.807) is 11.3 Å². The molecule has 114 valence electrons. The van der Waals surface area contributed by atoms with Crippen LogP contribution < -0.4 is 0 Å². The Labute approximate surface area is 129 Å². The summed E-state index contributed by atoms with van der Waals surface area (Å²) in [6.45, 7) is 5.60. The molecule has 0 bridgehead atoms. The van der Waals surface area contributed by atoms with Gasteiger partial charge in [0, 0.05) is 42.6 Å². The molecule has 2 aromatic heterocycles. The van der Waals surface area contributed by atoms with Crippen molar-refractivity contribution in [2.24, 2.45) is 5.41 Å². The number of thiazole rings is 1. The average Bonchev–Trinajstić information content (AvgIpc) is 3.12. The standard InChI is InChI=1S/C16H23N3OS/c1-16(11-20)5-2-6-18(10-16)9-13-14(12-3-4-12)17-15-19(13)7-8-21-15/h7-8,12,20H,2-6,9-11H2,1H3/t16-/m0/s1. The van der Waals surface area contributed by atoms with Crippen molar-refractivity contribution >= 4 is 16.3 Å². The molecule has 1 saturated carbocycles. The van der Waals surface area contributed by atoms with Crippen molar-refractivity contribution in [1.29, 1.82) is 0 Å². The van der Waals surface area contributed by atoms with Crippen molar-refractivity contribution in [3.63, 3.8) is 0 Å². The Morgan fingerprint density at radius 2 is 2.33 bits per heavy atom. The van der Waals surface area contributed by atoms with Crippen molar-refractivity contribution in [2.75, 3.05) is 19.7 Å². The molecule has 0 aromatic carbocycles. The monoisotopic (exact) mass is 305 g/mol. The molecule has 4 nitrogen and oxygen atoms in total. The molecule has 0 spiro atoms. The molecule has 1 N–H and O–H groups in total. The van der Waals surface area contributed by atoms with Crippen LogP contribution in [0.4, 0.5) is 0 Å². The number of fused-ring (bicyclic) bond motifs is 1. The summed E-state index contributed by atoms with van der Waals surface area (Å²) >= 11 is 1.73. The number of aliphatic hydroxyl groups is 1. The molecule has 1 aliphatic heterocycles. The van der Waals surface area contributed by atoms with Gasteiger partial charge in [-0.1, -0.05) is 6.92 Å². The number of hydrogen-bond acceptors (Lipinski definition) is 4. The number of nitrogens with zero attached hydrogens (tertiary/aromatic N) is 3. The largest absolute Gasteiger partial charge is 0.396 e. The maximum absolute atomic E-state index is 9.64. The number of aromatic nitrogens is 2. The van der Waals surface area contributed by atoms with Gasteiger partial charge in [-0.25, -0.2) is 4.98 Å². The summed E-state index contributed by atoms with van der Waals surface area (Å²) in [6.07, 6.45) is 7.07. The summed E-state index contributed by atoms with van der Waals surface area (Å²) < 4.78 is 2.28. The SMILES string of the molecule is C[C@]1(CO)CCCN(Cc2c(C3CC3)nc3sccn23)C1. The smallest absolute Gasteiger partial charge is 0.194 e. The van der Waals surface area contributed by atoms with Crippen molar-refractivity contribution < 1.29 is 5.11 Å². The number of aliphatic hydroxyl groups excluding tert-OH is 1. The summed E-state index contributed by atoms with van der Waals surface area (Å²) in [5, 5.41) is 11.8. The van der Waals surface area contributed by atoms with E-state index in [1.165, 1.54) is 30.7 Å². The number of piperidine rings is 1. The molecule has 0 unspecified atom stereocenters. The van der Waals surface area contributed by atoms with Crippen LogP contribution in [0, 0.1) is 5.41 Å². The quantitative estimate of drug-likeness (QED) is 0.944. The van der Waals surface area contributed by atoms with Crippen LogP contribution in [0.5, 0.6) is 0 Å². The molecule has 1 saturated heterocycles. The Balaban J connectivity index is 1.61. The van der Waals surface area contributed by atoms with Gasteiger partial charge in [0.1, 0.15) is 0 Å². The highest BCUT2D eigenvalue weighted by Gasteiger charge is 2.34. The van der Waals surface area contributed by atoms with Crippen LogP contribution >= 0.6 is 11.3 Å². The zero-order valence-electron chi connectivity index (χ0n) is 12.6. The van der Waals surface area contributed by atoms with Crippen LogP contribution in [0.3, 0.4) is 0 Å². The zero-order valence-corrected chi connectivity index (χ0v) is 13.4. The van der Waals surface area contributed by atoms with Crippen molar-refractivity contribution in [2.45, 2.75) is 45.1 Å². The van der Waals surface area contributed by atoms with Gasteiger partial charge < -0.3 is 5.11 Å². The molecule has 2 fully saturated rings. The Hall–Kier alpha value is -0.910. The minimum Gasteiger partial charge on any atom is -0.396 e. The highest BCUT2D eigenvalue weighted by atomic mass is 32.1. The van der Waals surface area contributed by atoms with E-state index in [4.69, 9.17) is 4.98 Å². The van der Waals surface area contributed by atoms with E-state index in [9.17, 15) is 5.11 Å². The number of likely N-dealkylation sites (tertiary alicyclic amines) is 1. The Morgan fingerprint density at radius 3 is 3.10 bits per heavy atom. The molecule has 3 heterocycles. The van der Waals surface area contributed by atoms with Gasteiger partial charge in [0.25, 0.3) is 0 Å². The molecular weight excluding hydrogens is 282 g/mol. The number of rotatable bonds is 4. The molecule has 4 rings (SSSR count). The molecule has 1 atom stereocenters. The molecular formula is C16H23N3OS. The maximum Gasteiger partial charge on any atom is 0.194 e. The lowest BCUT2D eigenvalue weighted by molar-refractivity contribution is 0.0421. The van der Waals surface area contributed by atoms with Gasteiger partial charge in [-0.15, -0.1) is 11.3 Å². The number of imidazole rings is 1. The second-order valence-corrected chi connectivity index (χ2v) is 7.93. The third-order valence-corrected chi connectivity index (χ3v) is 5.73. The second-order valence-electron chi connectivity index (χ2n) is 7.06. The van der Waals surface area contributed by atoms with E-state index >= 15 is 0 Å². The predicted octanol–water partition coefficient (Wildman–Crippen LogP) is 2.87. The lowest BCUT2D eigenvalue weighted by Crippen LogP contribution is -2.43. The van der Waals surface area contributed by atoms with E-state index in [-0.39, 0.29) is 5.41 Å². The first kappa shape index (κ1) is 13.7. The van der Waals surface area contributed by atoms with Gasteiger partial charge in [0.05, 0.1) is 11.4 Å². The fourth-order valence-corrected chi connectivity index (χ4v) is 4.33. The van der Waals surface area contributed by atoms with E-state index < -0.39 is 0 Å². The van der Waals surface area contributed by atoms with Gasteiger partial charge in [0.15, 0.2) is 4.96 Å². The van der Waals surface area contributed by atoms with Crippen molar-refractivity contribution in [3.05, 3.63) is 23.0 Å². The average molecular weight is 305 g/mol. The lowest BCUT2D eigenvalue weighted by atomic mass is 9.83. The summed E-state index contributed by atoms with van der Waals surface area (Å²) in [5.41, 5.74) is 2.78. The third kappa shape index (κ3) is 2.51. The second kappa shape index (κ2) is 5.07. The minimum atomic E-state index is 0.0659. The van der Waals surface area contributed by atoms with Gasteiger partial charge in [-0.05, 0) is 32.2 Å². The van der Waals surface area contributed by atoms with Gasteiger partial charge in [-0.2, -0.15) is 0 Å². The normalized spacial score (nSPS) is 27.5. The van der Waals surface area contributed by atoms with Gasteiger partial charge in [-0.3, -0.25) is 9.30 Å². The number of hydrogen-bond donors (Lipinski definition) is 1. The Kier molecular flexibility index (Phi) is 3.32. The minimum absolute atomic E-state index is 0.0659.